The molecule has 120 valence electrons. The van der Waals surface area contributed by atoms with Crippen molar-refractivity contribution in [3.63, 3.8) is 0 Å². The summed E-state index contributed by atoms with van der Waals surface area (Å²) in [4.78, 5) is 24.6. The number of hydrogen-bond acceptors (Lipinski definition) is 4. The molecule has 1 aliphatic heterocycles. The molecule has 21 heavy (non-hydrogen) atoms. The van der Waals surface area contributed by atoms with Gasteiger partial charge in [-0.15, -0.1) is 0 Å². The van der Waals surface area contributed by atoms with E-state index in [4.69, 9.17) is 5.11 Å². The van der Waals surface area contributed by atoms with Gasteiger partial charge in [0.2, 0.25) is 0 Å². The molecule has 6 nitrogen and oxygen atoms in total. The molecule has 1 saturated heterocycles. The number of carbonyl (C=O) groups excluding carboxylic acids is 1. The summed E-state index contributed by atoms with van der Waals surface area (Å²) in [6.07, 6.45) is 7.19. The Balaban J connectivity index is 1.92. The lowest BCUT2D eigenvalue weighted by Gasteiger charge is -2.36. The highest BCUT2D eigenvalue weighted by Gasteiger charge is 2.40. The van der Waals surface area contributed by atoms with Gasteiger partial charge in [0.15, 0.2) is 0 Å². The molecular formula is C14H24N2O4S. The van der Waals surface area contributed by atoms with Crippen molar-refractivity contribution in [2.45, 2.75) is 55.4 Å². The lowest BCUT2D eigenvalue weighted by atomic mass is 9.88. The van der Waals surface area contributed by atoms with E-state index in [0.717, 1.165) is 12.8 Å². The summed E-state index contributed by atoms with van der Waals surface area (Å²) in [7, 11) is 0. The van der Waals surface area contributed by atoms with E-state index in [0.29, 0.717) is 6.54 Å². The SMILES string of the molecule is CSC1(CNC(=O)N2C[C@@H](O)C[C@H]2C(=O)O)CCCCC1. The lowest BCUT2D eigenvalue weighted by molar-refractivity contribution is -0.141. The largest absolute Gasteiger partial charge is 0.480 e. The van der Waals surface area contributed by atoms with Crippen LogP contribution >= 0.6 is 11.8 Å². The number of carboxylic acids is 1. The van der Waals surface area contributed by atoms with Crippen LogP contribution in [-0.4, -0.2) is 63.4 Å². The molecule has 1 heterocycles. The number of carboxylic acid groups (broad SMARTS) is 1. The zero-order valence-corrected chi connectivity index (χ0v) is 13.2. The van der Waals surface area contributed by atoms with Crippen LogP contribution in [0, 0.1) is 0 Å². The Labute approximate surface area is 129 Å². The Bertz CT molecular complexity index is 398. The van der Waals surface area contributed by atoms with Crippen LogP contribution in [-0.2, 0) is 4.79 Å². The number of likely N-dealkylation sites (tertiary alicyclic amines) is 1. The summed E-state index contributed by atoms with van der Waals surface area (Å²) in [6.45, 7) is 0.654. The van der Waals surface area contributed by atoms with E-state index in [1.807, 2.05) is 0 Å². The molecule has 0 unspecified atom stereocenters. The fourth-order valence-corrected chi connectivity index (χ4v) is 4.17. The number of β-amino-alcohol motifs (C(OH)–C–C–N with tert-alkyl or cyclic N) is 1. The highest BCUT2D eigenvalue weighted by Crippen LogP contribution is 2.38. The van der Waals surface area contributed by atoms with Crippen molar-refractivity contribution >= 4 is 23.8 Å². The van der Waals surface area contributed by atoms with Gasteiger partial charge >= 0.3 is 12.0 Å². The van der Waals surface area contributed by atoms with Gasteiger partial charge in [0, 0.05) is 24.3 Å². The number of rotatable bonds is 4. The summed E-state index contributed by atoms with van der Waals surface area (Å²) in [5.41, 5.74) is 0. The van der Waals surface area contributed by atoms with Crippen LogP contribution in [0.5, 0.6) is 0 Å². The van der Waals surface area contributed by atoms with Gasteiger partial charge in [-0.1, -0.05) is 19.3 Å². The molecule has 0 spiro atoms. The van der Waals surface area contributed by atoms with Gasteiger partial charge < -0.3 is 20.4 Å². The van der Waals surface area contributed by atoms with Crippen molar-refractivity contribution < 1.29 is 19.8 Å². The molecule has 7 heteroatoms. The summed E-state index contributed by atoms with van der Waals surface area (Å²) in [6, 6.07) is -1.30. The Morgan fingerprint density at radius 3 is 2.57 bits per heavy atom. The smallest absolute Gasteiger partial charge is 0.326 e. The van der Waals surface area contributed by atoms with Crippen molar-refractivity contribution in [1.29, 1.82) is 0 Å². The van der Waals surface area contributed by atoms with E-state index in [2.05, 4.69) is 11.6 Å². The molecule has 1 saturated carbocycles. The normalized spacial score (nSPS) is 28.4. The first-order chi connectivity index (χ1) is 9.97. The minimum Gasteiger partial charge on any atom is -0.480 e. The Morgan fingerprint density at radius 1 is 1.33 bits per heavy atom. The van der Waals surface area contributed by atoms with E-state index in [-0.39, 0.29) is 23.7 Å². The summed E-state index contributed by atoms with van der Waals surface area (Å²) < 4.78 is 0.0744. The van der Waals surface area contributed by atoms with E-state index in [9.17, 15) is 14.7 Å². The quantitative estimate of drug-likeness (QED) is 0.727. The number of nitrogens with one attached hydrogen (secondary N) is 1. The number of thioether (sulfide) groups is 1. The first kappa shape index (κ1) is 16.4. The van der Waals surface area contributed by atoms with E-state index < -0.39 is 18.1 Å². The molecule has 2 atom stereocenters. The van der Waals surface area contributed by atoms with Gasteiger partial charge in [0.05, 0.1) is 6.10 Å². The fraction of sp³-hybridized carbons (Fsp3) is 0.857. The molecule has 2 rings (SSSR count). The van der Waals surface area contributed by atoms with E-state index >= 15 is 0 Å². The average molecular weight is 316 g/mol. The molecule has 1 aliphatic carbocycles. The molecular weight excluding hydrogens is 292 g/mol. The van der Waals surface area contributed by atoms with Crippen molar-refractivity contribution in [1.82, 2.24) is 10.2 Å². The van der Waals surface area contributed by atoms with Crippen LogP contribution in [0.25, 0.3) is 0 Å². The van der Waals surface area contributed by atoms with E-state index in [1.54, 1.807) is 11.8 Å². The number of amides is 2. The molecule has 3 N–H and O–H groups in total. The first-order valence-corrected chi connectivity index (χ1v) is 8.70. The van der Waals surface area contributed by atoms with Crippen LogP contribution in [0.1, 0.15) is 38.5 Å². The zero-order chi connectivity index (χ0) is 15.5. The number of nitrogens with zero attached hydrogens (tertiary/aromatic N) is 1. The fourth-order valence-electron chi connectivity index (χ4n) is 3.26. The first-order valence-electron chi connectivity index (χ1n) is 7.48. The van der Waals surface area contributed by atoms with Crippen LogP contribution in [0.15, 0.2) is 0 Å². The highest BCUT2D eigenvalue weighted by atomic mass is 32.2. The zero-order valence-electron chi connectivity index (χ0n) is 12.4. The second kappa shape index (κ2) is 6.87. The van der Waals surface area contributed by atoms with Gasteiger partial charge in [0.25, 0.3) is 0 Å². The van der Waals surface area contributed by atoms with Crippen LogP contribution < -0.4 is 5.32 Å². The van der Waals surface area contributed by atoms with Gasteiger partial charge in [-0.3, -0.25) is 0 Å². The predicted molar refractivity (Wildman–Crippen MR) is 81.5 cm³/mol. The van der Waals surface area contributed by atoms with Gasteiger partial charge in [-0.05, 0) is 19.1 Å². The Morgan fingerprint density at radius 2 is 2.00 bits per heavy atom. The third-order valence-electron chi connectivity index (χ3n) is 4.58. The van der Waals surface area contributed by atoms with Crippen molar-refractivity contribution in [3.05, 3.63) is 0 Å². The topological polar surface area (TPSA) is 89.9 Å². The minimum atomic E-state index is -1.06. The number of aliphatic hydroxyl groups excluding tert-OH is 1. The van der Waals surface area contributed by atoms with Crippen molar-refractivity contribution in [2.75, 3.05) is 19.3 Å². The van der Waals surface area contributed by atoms with Gasteiger partial charge in [0.1, 0.15) is 6.04 Å². The monoisotopic (exact) mass is 316 g/mol. The second-order valence-corrected chi connectivity index (χ2v) is 7.28. The van der Waals surface area contributed by atoms with Crippen molar-refractivity contribution in [2.24, 2.45) is 0 Å². The molecule has 0 radical (unpaired) electrons. The van der Waals surface area contributed by atoms with Crippen molar-refractivity contribution in [3.8, 4) is 0 Å². The third kappa shape index (κ3) is 3.83. The maximum Gasteiger partial charge on any atom is 0.326 e. The molecule has 2 aliphatic rings. The standard InChI is InChI=1S/C14H24N2O4S/c1-21-14(5-3-2-4-6-14)9-15-13(20)16-8-10(17)7-11(16)12(18)19/h10-11,17H,2-9H2,1H3,(H,15,20)(H,18,19)/t10-,11-/m0/s1. The minimum absolute atomic E-state index is 0.0744. The second-order valence-electron chi connectivity index (χ2n) is 6.00. The molecule has 0 aromatic heterocycles. The Kier molecular flexibility index (Phi) is 5.37. The maximum absolute atomic E-state index is 12.2. The lowest BCUT2D eigenvalue weighted by Crippen LogP contribution is -2.50. The molecule has 2 fully saturated rings. The van der Waals surface area contributed by atoms with Crippen LogP contribution in [0.3, 0.4) is 0 Å². The Hall–Kier alpha value is -0.950. The summed E-state index contributed by atoms with van der Waals surface area (Å²) in [5, 5.41) is 21.6. The number of urea groups is 1. The summed E-state index contributed by atoms with van der Waals surface area (Å²) >= 11 is 1.79. The number of hydrogen-bond donors (Lipinski definition) is 3. The molecule has 0 aromatic rings. The predicted octanol–water partition coefficient (Wildman–Crippen LogP) is 1.28. The van der Waals surface area contributed by atoms with E-state index in [1.165, 1.54) is 24.2 Å². The third-order valence-corrected chi connectivity index (χ3v) is 6.00. The number of carbonyl (C=O) groups is 2. The average Bonchev–Trinajstić information content (AvgIpc) is 2.88. The highest BCUT2D eigenvalue weighted by molar-refractivity contribution is 8.00. The molecule has 2 amide bonds. The number of aliphatic hydroxyl groups is 1. The van der Waals surface area contributed by atoms with Gasteiger partial charge in [-0.2, -0.15) is 11.8 Å². The maximum atomic E-state index is 12.2. The molecule has 0 aromatic carbocycles. The van der Waals surface area contributed by atoms with Gasteiger partial charge in [-0.25, -0.2) is 9.59 Å². The van der Waals surface area contributed by atoms with Crippen LogP contribution in [0.2, 0.25) is 0 Å². The summed E-state index contributed by atoms with van der Waals surface area (Å²) in [5.74, 6) is -1.06. The number of aliphatic carboxylic acids is 1. The molecule has 0 bridgehead atoms. The van der Waals surface area contributed by atoms with Crippen LogP contribution in [0.4, 0.5) is 4.79 Å².